The van der Waals surface area contributed by atoms with E-state index in [0.29, 0.717) is 34.8 Å². The van der Waals surface area contributed by atoms with Gasteiger partial charge < -0.3 is 20.1 Å². The number of hydrogen-bond acceptors (Lipinski definition) is 8. The number of nitrogens with one attached hydrogen (secondary N) is 2. The topological polar surface area (TPSA) is 99.0 Å². The van der Waals surface area contributed by atoms with Crippen molar-refractivity contribution in [3.05, 3.63) is 54.1 Å². The average Bonchev–Trinajstić information content (AvgIpc) is 3.18. The standard InChI is InChI=1S/C21H22ClN7O2/c1-3-23-7-9-30-15-11-17(22)21(24-12-15)31-14-4-5-18-16(10-14)20(26-13-25-18)27-19-6-8-29(2)28-19/h4-6,8,10-13,23H,3,7,9H2,1-2H3,(H,25,26,27,28). The third kappa shape index (κ3) is 5.19. The Morgan fingerprint density at radius 1 is 1.10 bits per heavy atom. The first-order chi connectivity index (χ1) is 15.1. The molecule has 0 aliphatic heterocycles. The molecular weight excluding hydrogens is 418 g/mol. The zero-order valence-corrected chi connectivity index (χ0v) is 17.9. The van der Waals surface area contributed by atoms with Gasteiger partial charge in [-0.25, -0.2) is 15.0 Å². The second-order valence-corrected chi connectivity index (χ2v) is 7.07. The minimum absolute atomic E-state index is 0.288. The number of halogens is 1. The van der Waals surface area contributed by atoms with Crippen LogP contribution >= 0.6 is 11.6 Å². The van der Waals surface area contributed by atoms with Crippen LogP contribution in [0.5, 0.6) is 17.4 Å². The summed E-state index contributed by atoms with van der Waals surface area (Å²) in [6.45, 7) is 4.22. The fraction of sp³-hybridized carbons (Fsp3) is 0.238. The molecule has 4 aromatic rings. The van der Waals surface area contributed by atoms with E-state index in [9.17, 15) is 0 Å². The molecule has 160 valence electrons. The van der Waals surface area contributed by atoms with Gasteiger partial charge in [0.1, 0.15) is 35.3 Å². The summed E-state index contributed by atoms with van der Waals surface area (Å²) in [5.74, 6) is 2.74. The molecule has 4 rings (SSSR count). The van der Waals surface area contributed by atoms with Crippen LogP contribution in [0.25, 0.3) is 10.9 Å². The Bertz CT molecular complexity index is 1180. The Labute approximate surface area is 184 Å². The molecule has 0 atom stereocenters. The normalized spacial score (nSPS) is 10.9. The number of benzene rings is 1. The molecule has 0 aliphatic rings. The first-order valence-corrected chi connectivity index (χ1v) is 10.2. The molecule has 0 bridgehead atoms. The number of rotatable bonds is 9. The van der Waals surface area contributed by atoms with Gasteiger partial charge in [-0.05, 0) is 24.7 Å². The maximum Gasteiger partial charge on any atom is 0.238 e. The van der Waals surface area contributed by atoms with Crippen molar-refractivity contribution in [3.63, 3.8) is 0 Å². The highest BCUT2D eigenvalue weighted by atomic mass is 35.5. The number of anilines is 2. The largest absolute Gasteiger partial charge is 0.491 e. The predicted octanol–water partition coefficient (Wildman–Crippen LogP) is 3.94. The molecule has 0 amide bonds. The fourth-order valence-corrected chi connectivity index (χ4v) is 3.09. The number of pyridine rings is 1. The van der Waals surface area contributed by atoms with Crippen molar-refractivity contribution in [1.82, 2.24) is 30.0 Å². The fourth-order valence-electron chi connectivity index (χ4n) is 2.89. The monoisotopic (exact) mass is 439 g/mol. The number of aromatic nitrogens is 5. The Morgan fingerprint density at radius 2 is 2.00 bits per heavy atom. The predicted molar refractivity (Wildman–Crippen MR) is 119 cm³/mol. The lowest BCUT2D eigenvalue weighted by atomic mass is 10.2. The van der Waals surface area contributed by atoms with Gasteiger partial charge in [-0.2, -0.15) is 5.10 Å². The summed E-state index contributed by atoms with van der Waals surface area (Å²) in [6.07, 6.45) is 4.94. The number of aryl methyl sites for hydroxylation is 1. The van der Waals surface area contributed by atoms with Crippen LogP contribution in [0.4, 0.5) is 11.6 Å². The van der Waals surface area contributed by atoms with E-state index in [1.807, 2.05) is 38.4 Å². The second kappa shape index (κ2) is 9.59. The summed E-state index contributed by atoms with van der Waals surface area (Å²) in [5.41, 5.74) is 0.768. The van der Waals surface area contributed by atoms with Crippen molar-refractivity contribution < 1.29 is 9.47 Å². The number of fused-ring (bicyclic) bond motifs is 1. The maximum absolute atomic E-state index is 6.35. The Balaban J connectivity index is 1.52. The molecule has 3 aromatic heterocycles. The van der Waals surface area contributed by atoms with E-state index >= 15 is 0 Å². The van der Waals surface area contributed by atoms with Crippen LogP contribution in [0.1, 0.15) is 6.92 Å². The molecule has 0 unspecified atom stereocenters. The highest BCUT2D eigenvalue weighted by molar-refractivity contribution is 6.32. The van der Waals surface area contributed by atoms with E-state index in [-0.39, 0.29) is 5.88 Å². The molecule has 9 nitrogen and oxygen atoms in total. The molecule has 31 heavy (non-hydrogen) atoms. The van der Waals surface area contributed by atoms with E-state index in [2.05, 4.69) is 30.7 Å². The highest BCUT2D eigenvalue weighted by Gasteiger charge is 2.11. The molecule has 1 aromatic carbocycles. The van der Waals surface area contributed by atoms with Gasteiger partial charge in [0.15, 0.2) is 5.82 Å². The van der Waals surface area contributed by atoms with Crippen molar-refractivity contribution in [1.29, 1.82) is 0 Å². The molecular formula is C21H22ClN7O2. The van der Waals surface area contributed by atoms with Crippen molar-refractivity contribution in [2.75, 3.05) is 25.0 Å². The van der Waals surface area contributed by atoms with E-state index in [1.54, 1.807) is 23.0 Å². The Kier molecular flexibility index (Phi) is 6.44. The average molecular weight is 440 g/mol. The van der Waals surface area contributed by atoms with Gasteiger partial charge in [-0.15, -0.1) is 0 Å². The third-order valence-electron chi connectivity index (χ3n) is 4.36. The van der Waals surface area contributed by atoms with Crippen LogP contribution in [-0.4, -0.2) is 44.4 Å². The van der Waals surface area contributed by atoms with Crippen LogP contribution in [0.15, 0.2) is 49.1 Å². The first kappa shape index (κ1) is 20.8. The van der Waals surface area contributed by atoms with E-state index in [4.69, 9.17) is 21.1 Å². The molecule has 0 saturated carbocycles. The van der Waals surface area contributed by atoms with Crippen LogP contribution < -0.4 is 20.1 Å². The van der Waals surface area contributed by atoms with Crippen molar-refractivity contribution in [3.8, 4) is 17.4 Å². The van der Waals surface area contributed by atoms with Crippen LogP contribution in [-0.2, 0) is 7.05 Å². The minimum Gasteiger partial charge on any atom is -0.491 e. The number of hydrogen-bond donors (Lipinski definition) is 2. The number of ether oxygens (including phenoxy) is 2. The van der Waals surface area contributed by atoms with E-state index < -0.39 is 0 Å². The van der Waals surface area contributed by atoms with Gasteiger partial charge in [-0.1, -0.05) is 18.5 Å². The lowest BCUT2D eigenvalue weighted by Crippen LogP contribution is -2.20. The summed E-state index contributed by atoms with van der Waals surface area (Å²) in [6, 6.07) is 9.04. The van der Waals surface area contributed by atoms with E-state index in [1.165, 1.54) is 6.33 Å². The number of nitrogens with zero attached hydrogens (tertiary/aromatic N) is 5. The zero-order valence-electron chi connectivity index (χ0n) is 17.2. The molecule has 0 aliphatic carbocycles. The van der Waals surface area contributed by atoms with Gasteiger partial charge in [-0.3, -0.25) is 4.68 Å². The number of likely N-dealkylation sites (N-methyl/N-ethyl adjacent to an activating group) is 1. The van der Waals surface area contributed by atoms with Crippen LogP contribution in [0.2, 0.25) is 5.02 Å². The van der Waals surface area contributed by atoms with Gasteiger partial charge >= 0.3 is 0 Å². The smallest absolute Gasteiger partial charge is 0.238 e. The van der Waals surface area contributed by atoms with Gasteiger partial charge in [0.05, 0.1) is 11.7 Å². The van der Waals surface area contributed by atoms with Gasteiger partial charge in [0.25, 0.3) is 0 Å². The third-order valence-corrected chi connectivity index (χ3v) is 4.63. The highest BCUT2D eigenvalue weighted by Crippen LogP contribution is 2.32. The molecule has 0 spiro atoms. The summed E-state index contributed by atoms with van der Waals surface area (Å²) in [4.78, 5) is 12.9. The summed E-state index contributed by atoms with van der Waals surface area (Å²) >= 11 is 6.35. The Morgan fingerprint density at radius 3 is 2.77 bits per heavy atom. The molecule has 2 N–H and O–H groups in total. The summed E-state index contributed by atoms with van der Waals surface area (Å²) in [7, 11) is 1.85. The van der Waals surface area contributed by atoms with Gasteiger partial charge in [0, 0.05) is 37.3 Å². The summed E-state index contributed by atoms with van der Waals surface area (Å²) < 4.78 is 13.2. The first-order valence-electron chi connectivity index (χ1n) is 9.80. The zero-order chi connectivity index (χ0) is 21.6. The van der Waals surface area contributed by atoms with Crippen molar-refractivity contribution >= 4 is 34.1 Å². The van der Waals surface area contributed by atoms with Crippen LogP contribution in [0, 0.1) is 0 Å². The molecule has 10 heteroatoms. The SMILES string of the molecule is CCNCCOc1cnc(Oc2ccc3ncnc(Nc4ccn(C)n4)c3c2)c(Cl)c1. The molecule has 0 radical (unpaired) electrons. The molecule has 0 fully saturated rings. The lowest BCUT2D eigenvalue weighted by Gasteiger charge is -2.11. The summed E-state index contributed by atoms with van der Waals surface area (Å²) in [5, 5.41) is 11.9. The molecule has 3 heterocycles. The van der Waals surface area contributed by atoms with Crippen LogP contribution in [0.3, 0.4) is 0 Å². The lowest BCUT2D eigenvalue weighted by molar-refractivity contribution is 0.313. The quantitative estimate of drug-likeness (QED) is 0.378. The van der Waals surface area contributed by atoms with Crippen molar-refractivity contribution in [2.24, 2.45) is 7.05 Å². The van der Waals surface area contributed by atoms with Gasteiger partial charge in [0.2, 0.25) is 5.88 Å². The van der Waals surface area contributed by atoms with Crippen molar-refractivity contribution in [2.45, 2.75) is 6.92 Å². The maximum atomic E-state index is 6.35. The minimum atomic E-state index is 0.288. The Hall–Kier alpha value is -3.43. The van der Waals surface area contributed by atoms with E-state index in [0.717, 1.165) is 24.0 Å². The second-order valence-electron chi connectivity index (χ2n) is 6.66. The molecule has 0 saturated heterocycles.